The van der Waals surface area contributed by atoms with Crippen LogP contribution in [0, 0.1) is 0 Å². The molecule has 0 unspecified atom stereocenters. The fourth-order valence-corrected chi connectivity index (χ4v) is 2.51. The Kier molecular flexibility index (Phi) is 5.27. The van der Waals surface area contributed by atoms with Crippen molar-refractivity contribution >= 4 is 0 Å². The van der Waals surface area contributed by atoms with Gasteiger partial charge < -0.3 is 4.74 Å². The molecule has 2 aromatic carbocycles. The van der Waals surface area contributed by atoms with Gasteiger partial charge in [0.25, 0.3) is 0 Å². The minimum Gasteiger partial charge on any atom is -0.439 e. The molecule has 0 bridgehead atoms. The molecule has 3 heteroatoms. The van der Waals surface area contributed by atoms with Crippen molar-refractivity contribution in [3.05, 3.63) is 104 Å². The fraction of sp³-hybridized carbons (Fsp3) is 0.0455. The predicted octanol–water partition coefficient (Wildman–Crippen LogP) is 5.64. The Morgan fingerprint density at radius 1 is 1.00 bits per heavy atom. The van der Waals surface area contributed by atoms with Gasteiger partial charge in [0.2, 0.25) is 5.88 Å². The highest BCUT2D eigenvalue weighted by molar-refractivity contribution is 5.63. The summed E-state index contributed by atoms with van der Waals surface area (Å²) >= 11 is 0. The van der Waals surface area contributed by atoms with E-state index in [1.54, 1.807) is 24.7 Å². The smallest absolute Gasteiger partial charge is 0.219 e. The minimum atomic E-state index is 0.632. The van der Waals surface area contributed by atoms with Gasteiger partial charge in [0.05, 0.1) is 19.1 Å². The Morgan fingerprint density at radius 3 is 2.40 bits per heavy atom. The number of hydrogen-bond donors (Lipinski definition) is 0. The monoisotopic (exact) mass is 328 g/mol. The summed E-state index contributed by atoms with van der Waals surface area (Å²) in [5, 5.41) is 0. The van der Waals surface area contributed by atoms with Crippen LogP contribution in [-0.4, -0.2) is 9.55 Å². The first-order chi connectivity index (χ1) is 12.3. The van der Waals surface area contributed by atoms with E-state index >= 15 is 0 Å². The number of hydrogen-bond acceptors (Lipinski definition) is 2. The second kappa shape index (κ2) is 7.97. The summed E-state index contributed by atoms with van der Waals surface area (Å²) in [6.07, 6.45) is 8.93. The number of allylic oxidation sites excluding steroid dienone is 4. The first-order valence-electron chi connectivity index (χ1n) is 8.07. The summed E-state index contributed by atoms with van der Waals surface area (Å²) in [4.78, 5) is 4.18. The summed E-state index contributed by atoms with van der Waals surface area (Å²) in [6, 6.07) is 18.3. The topological polar surface area (TPSA) is 27.1 Å². The molecular formula is C22H20N2O. The van der Waals surface area contributed by atoms with Gasteiger partial charge in [-0.15, -0.1) is 0 Å². The van der Waals surface area contributed by atoms with Crippen LogP contribution in [0.5, 0.6) is 11.6 Å². The molecule has 0 amide bonds. The summed E-state index contributed by atoms with van der Waals surface area (Å²) in [6.45, 7) is 8.17. The van der Waals surface area contributed by atoms with Crippen LogP contribution < -0.4 is 4.74 Å². The van der Waals surface area contributed by atoms with E-state index in [-0.39, 0.29) is 0 Å². The molecule has 0 aliphatic carbocycles. The highest BCUT2D eigenvalue weighted by atomic mass is 16.5. The zero-order valence-electron chi connectivity index (χ0n) is 14.0. The minimum absolute atomic E-state index is 0.632. The molecule has 1 aromatic heterocycles. The highest BCUT2D eigenvalue weighted by Gasteiger charge is 2.06. The van der Waals surface area contributed by atoms with Crippen LogP contribution >= 0.6 is 0 Å². The first-order valence-corrected chi connectivity index (χ1v) is 8.07. The molecule has 0 saturated carbocycles. The zero-order valence-corrected chi connectivity index (χ0v) is 14.0. The summed E-state index contributed by atoms with van der Waals surface area (Å²) in [5.41, 5.74) is 3.38. The second-order valence-electron chi connectivity index (χ2n) is 5.53. The Balaban J connectivity index is 1.75. The van der Waals surface area contributed by atoms with Gasteiger partial charge in [0, 0.05) is 0 Å². The normalized spacial score (nSPS) is 11.1. The maximum absolute atomic E-state index is 5.98. The lowest BCUT2D eigenvalue weighted by molar-refractivity contribution is 0.436. The van der Waals surface area contributed by atoms with Crippen LogP contribution in [0.15, 0.2) is 104 Å². The quantitative estimate of drug-likeness (QED) is 0.525. The van der Waals surface area contributed by atoms with Crippen molar-refractivity contribution in [1.29, 1.82) is 0 Å². The average molecular weight is 328 g/mol. The second-order valence-corrected chi connectivity index (χ2v) is 5.53. The van der Waals surface area contributed by atoms with Crippen molar-refractivity contribution in [3.63, 3.8) is 0 Å². The Hall–Kier alpha value is -3.33. The van der Waals surface area contributed by atoms with Gasteiger partial charge >= 0.3 is 0 Å². The average Bonchev–Trinajstić information content (AvgIpc) is 3.09. The fourth-order valence-electron chi connectivity index (χ4n) is 2.51. The highest BCUT2D eigenvalue weighted by Crippen LogP contribution is 2.26. The van der Waals surface area contributed by atoms with E-state index in [1.807, 2.05) is 41.0 Å². The Labute approximate surface area is 148 Å². The van der Waals surface area contributed by atoms with Gasteiger partial charge in [-0.2, -0.15) is 0 Å². The molecule has 0 aliphatic heterocycles. The van der Waals surface area contributed by atoms with Gasteiger partial charge in [-0.25, -0.2) is 4.98 Å². The number of benzene rings is 2. The molecule has 0 radical (unpaired) electrons. The third kappa shape index (κ3) is 4.15. The molecule has 3 rings (SSSR count). The van der Waals surface area contributed by atoms with Crippen molar-refractivity contribution in [2.75, 3.05) is 0 Å². The lowest BCUT2D eigenvalue weighted by Crippen LogP contribution is -2.00. The first kappa shape index (κ1) is 16.5. The summed E-state index contributed by atoms with van der Waals surface area (Å²) in [5.74, 6) is 1.46. The molecule has 3 aromatic rings. The molecule has 0 fully saturated rings. The van der Waals surface area contributed by atoms with Crippen LogP contribution in [0.25, 0.3) is 11.1 Å². The number of aromatic nitrogens is 2. The molecule has 124 valence electrons. The zero-order chi connectivity index (χ0) is 17.5. The van der Waals surface area contributed by atoms with Gasteiger partial charge in [0.15, 0.2) is 0 Å². The Bertz CT molecular complexity index is 874. The number of nitrogens with zero attached hydrogens (tertiary/aromatic N) is 2. The number of rotatable bonds is 7. The third-order valence-electron chi connectivity index (χ3n) is 3.80. The van der Waals surface area contributed by atoms with Crippen LogP contribution in [0.4, 0.5) is 0 Å². The molecule has 0 N–H and O–H groups in total. The molecule has 0 spiro atoms. The van der Waals surface area contributed by atoms with Crippen LogP contribution in [-0.2, 0) is 6.54 Å². The van der Waals surface area contributed by atoms with Crippen molar-refractivity contribution in [3.8, 4) is 22.8 Å². The van der Waals surface area contributed by atoms with Crippen molar-refractivity contribution in [2.45, 2.75) is 6.54 Å². The number of imidazole rings is 1. The summed E-state index contributed by atoms with van der Waals surface area (Å²) < 4.78 is 7.91. The summed E-state index contributed by atoms with van der Waals surface area (Å²) in [7, 11) is 0. The SMILES string of the molecule is C=C/C=C(\C=C)Cn1cncc1Oc1ccc(-c2ccccc2)cc1. The van der Waals surface area contributed by atoms with E-state index in [0.717, 1.165) is 16.9 Å². The number of ether oxygens (including phenoxy) is 1. The largest absolute Gasteiger partial charge is 0.439 e. The lowest BCUT2D eigenvalue weighted by atomic mass is 10.1. The predicted molar refractivity (Wildman–Crippen MR) is 103 cm³/mol. The van der Waals surface area contributed by atoms with Crippen LogP contribution in [0.3, 0.4) is 0 Å². The van der Waals surface area contributed by atoms with Crippen LogP contribution in [0.2, 0.25) is 0 Å². The van der Waals surface area contributed by atoms with Gasteiger partial charge in [-0.05, 0) is 28.8 Å². The lowest BCUT2D eigenvalue weighted by Gasteiger charge is -2.10. The van der Waals surface area contributed by atoms with E-state index in [4.69, 9.17) is 4.74 Å². The molecule has 25 heavy (non-hydrogen) atoms. The molecule has 0 saturated heterocycles. The molecule has 1 heterocycles. The van der Waals surface area contributed by atoms with Gasteiger partial charge in [0.1, 0.15) is 5.75 Å². The van der Waals surface area contributed by atoms with E-state index in [1.165, 1.54) is 5.56 Å². The van der Waals surface area contributed by atoms with E-state index in [0.29, 0.717) is 12.4 Å². The van der Waals surface area contributed by atoms with E-state index in [9.17, 15) is 0 Å². The molecule has 0 atom stereocenters. The molecule has 0 aliphatic rings. The van der Waals surface area contributed by atoms with Crippen molar-refractivity contribution in [2.24, 2.45) is 0 Å². The van der Waals surface area contributed by atoms with E-state index in [2.05, 4.69) is 42.4 Å². The molecule has 3 nitrogen and oxygen atoms in total. The van der Waals surface area contributed by atoms with Crippen molar-refractivity contribution < 1.29 is 4.74 Å². The van der Waals surface area contributed by atoms with Crippen molar-refractivity contribution in [1.82, 2.24) is 9.55 Å². The Morgan fingerprint density at radius 2 is 1.72 bits per heavy atom. The van der Waals surface area contributed by atoms with Gasteiger partial charge in [-0.3, -0.25) is 4.57 Å². The molecular weight excluding hydrogens is 308 g/mol. The van der Waals surface area contributed by atoms with Gasteiger partial charge in [-0.1, -0.05) is 73.9 Å². The third-order valence-corrected chi connectivity index (χ3v) is 3.80. The standard InChI is InChI=1S/C22H20N2O/c1-3-8-18(4-2)16-24-17-23-15-22(24)25-21-13-11-20(12-14-21)19-9-6-5-7-10-19/h3-15,17H,1-2,16H2/b18-8+. The van der Waals surface area contributed by atoms with Crippen LogP contribution in [0.1, 0.15) is 0 Å². The maximum atomic E-state index is 5.98. The maximum Gasteiger partial charge on any atom is 0.219 e. The van der Waals surface area contributed by atoms with E-state index < -0.39 is 0 Å².